The predicted octanol–water partition coefficient (Wildman–Crippen LogP) is -0.362. The Hall–Kier alpha value is -0.480. The Morgan fingerprint density at radius 1 is 1.60 bits per heavy atom. The molecule has 0 radical (unpaired) electrons. The van der Waals surface area contributed by atoms with Crippen LogP contribution in [0.2, 0.25) is 0 Å². The fraction of sp³-hybridized carbons (Fsp3) is 0.800. The molecule has 5 heteroatoms. The van der Waals surface area contributed by atoms with E-state index in [1.165, 1.54) is 4.90 Å². The molecule has 0 aliphatic carbocycles. The maximum atomic E-state index is 10.7. The van der Waals surface area contributed by atoms with Gasteiger partial charge in [-0.1, -0.05) is 0 Å². The van der Waals surface area contributed by atoms with Crippen molar-refractivity contribution in [2.75, 3.05) is 27.2 Å². The molecule has 10 heavy (non-hydrogen) atoms. The highest BCUT2D eigenvalue weighted by Crippen LogP contribution is 1.73. The molecule has 0 rings (SSSR count). The zero-order valence-electron chi connectivity index (χ0n) is 6.26. The van der Waals surface area contributed by atoms with E-state index in [-0.39, 0.29) is 18.4 Å². The van der Waals surface area contributed by atoms with Crippen molar-refractivity contribution in [2.45, 2.75) is 0 Å². The first-order valence-electron chi connectivity index (χ1n) is 2.83. The van der Waals surface area contributed by atoms with Crippen molar-refractivity contribution < 1.29 is 4.79 Å². The van der Waals surface area contributed by atoms with Gasteiger partial charge in [0.25, 0.3) is 0 Å². The quantitative estimate of drug-likeness (QED) is 0.590. The first-order chi connectivity index (χ1) is 4.18. The van der Waals surface area contributed by atoms with Crippen molar-refractivity contribution in [1.82, 2.24) is 10.2 Å². The first-order valence-corrected chi connectivity index (χ1v) is 2.83. The van der Waals surface area contributed by atoms with Crippen molar-refractivity contribution in [3.05, 3.63) is 0 Å². The number of hydrogen-bond donors (Lipinski definition) is 2. The van der Waals surface area contributed by atoms with Gasteiger partial charge in [-0.15, -0.1) is 12.4 Å². The standard InChI is InChI=1S/C5H13N3O.ClH/c1-8(2)5(9)7-4-3-6;/h3-4,6H2,1-2H3,(H,7,9);1H. The van der Waals surface area contributed by atoms with Crippen LogP contribution in [0.25, 0.3) is 0 Å². The second-order valence-corrected chi connectivity index (χ2v) is 1.92. The van der Waals surface area contributed by atoms with Crippen LogP contribution in [0.1, 0.15) is 0 Å². The highest BCUT2D eigenvalue weighted by atomic mass is 35.5. The second-order valence-electron chi connectivity index (χ2n) is 1.92. The van der Waals surface area contributed by atoms with Crippen LogP contribution in [-0.4, -0.2) is 38.1 Å². The lowest BCUT2D eigenvalue weighted by molar-refractivity contribution is 0.218. The molecular formula is C5H14ClN3O. The van der Waals surface area contributed by atoms with Gasteiger partial charge in [-0.05, 0) is 0 Å². The van der Waals surface area contributed by atoms with Crippen molar-refractivity contribution in [2.24, 2.45) is 5.73 Å². The van der Waals surface area contributed by atoms with Gasteiger partial charge in [0.2, 0.25) is 0 Å². The van der Waals surface area contributed by atoms with Crippen molar-refractivity contribution >= 4 is 18.4 Å². The van der Waals surface area contributed by atoms with E-state index in [1.54, 1.807) is 14.1 Å². The fourth-order valence-electron chi connectivity index (χ4n) is 0.337. The van der Waals surface area contributed by atoms with E-state index in [1.807, 2.05) is 0 Å². The first kappa shape index (κ1) is 12.2. The van der Waals surface area contributed by atoms with E-state index in [4.69, 9.17) is 5.73 Å². The molecular weight excluding hydrogens is 154 g/mol. The smallest absolute Gasteiger partial charge is 0.316 e. The average Bonchev–Trinajstić information content (AvgIpc) is 1.82. The molecule has 0 bridgehead atoms. The summed E-state index contributed by atoms with van der Waals surface area (Å²) in [6.07, 6.45) is 0. The number of carbonyl (C=O) groups excluding carboxylic acids is 1. The Morgan fingerprint density at radius 2 is 2.10 bits per heavy atom. The van der Waals surface area contributed by atoms with E-state index in [0.717, 1.165) is 0 Å². The number of nitrogens with zero attached hydrogens (tertiary/aromatic N) is 1. The summed E-state index contributed by atoms with van der Waals surface area (Å²) in [5.74, 6) is 0. The molecule has 4 nitrogen and oxygen atoms in total. The molecule has 0 aromatic carbocycles. The molecule has 0 aromatic heterocycles. The number of nitrogens with two attached hydrogens (primary N) is 1. The zero-order valence-corrected chi connectivity index (χ0v) is 7.07. The van der Waals surface area contributed by atoms with Crippen LogP contribution >= 0.6 is 12.4 Å². The average molecular weight is 168 g/mol. The molecule has 0 fully saturated rings. The summed E-state index contributed by atoms with van der Waals surface area (Å²) < 4.78 is 0. The molecule has 0 heterocycles. The summed E-state index contributed by atoms with van der Waals surface area (Å²) in [5.41, 5.74) is 5.14. The molecule has 0 spiro atoms. The van der Waals surface area contributed by atoms with Crippen molar-refractivity contribution in [3.8, 4) is 0 Å². The fourth-order valence-corrected chi connectivity index (χ4v) is 0.337. The third kappa shape index (κ3) is 5.65. The van der Waals surface area contributed by atoms with Gasteiger partial charge >= 0.3 is 6.03 Å². The van der Waals surface area contributed by atoms with Crippen LogP contribution in [0.3, 0.4) is 0 Å². The van der Waals surface area contributed by atoms with Crippen LogP contribution in [-0.2, 0) is 0 Å². The van der Waals surface area contributed by atoms with Gasteiger partial charge in [0.15, 0.2) is 0 Å². The third-order valence-electron chi connectivity index (χ3n) is 0.827. The number of urea groups is 1. The summed E-state index contributed by atoms with van der Waals surface area (Å²) in [6, 6.07) is -0.0968. The van der Waals surface area contributed by atoms with E-state index < -0.39 is 0 Å². The van der Waals surface area contributed by atoms with Crippen LogP contribution < -0.4 is 11.1 Å². The number of halogens is 1. The minimum atomic E-state index is -0.0968. The van der Waals surface area contributed by atoms with Gasteiger partial charge in [0, 0.05) is 27.2 Å². The summed E-state index contributed by atoms with van der Waals surface area (Å²) >= 11 is 0. The maximum Gasteiger partial charge on any atom is 0.316 e. The summed E-state index contributed by atoms with van der Waals surface area (Å²) in [6.45, 7) is 1.02. The lowest BCUT2D eigenvalue weighted by Crippen LogP contribution is -2.37. The molecule has 62 valence electrons. The molecule has 0 saturated heterocycles. The normalized spacial score (nSPS) is 7.90. The highest BCUT2D eigenvalue weighted by molar-refractivity contribution is 5.85. The Morgan fingerprint density at radius 3 is 2.40 bits per heavy atom. The summed E-state index contributed by atoms with van der Waals surface area (Å²) in [5, 5.41) is 2.59. The van der Waals surface area contributed by atoms with Gasteiger partial charge in [0.1, 0.15) is 0 Å². The number of nitrogens with one attached hydrogen (secondary N) is 1. The number of hydrogen-bond acceptors (Lipinski definition) is 2. The van der Waals surface area contributed by atoms with E-state index in [2.05, 4.69) is 5.32 Å². The Labute approximate surface area is 67.2 Å². The van der Waals surface area contributed by atoms with Gasteiger partial charge in [0.05, 0.1) is 0 Å². The van der Waals surface area contributed by atoms with Crippen LogP contribution in [0.5, 0.6) is 0 Å². The minimum Gasteiger partial charge on any atom is -0.337 e. The van der Waals surface area contributed by atoms with E-state index in [9.17, 15) is 4.79 Å². The molecule has 3 N–H and O–H groups in total. The minimum absolute atomic E-state index is 0. The Bertz CT molecular complexity index is 96.9. The monoisotopic (exact) mass is 167 g/mol. The summed E-state index contributed by atoms with van der Waals surface area (Å²) in [4.78, 5) is 12.1. The van der Waals surface area contributed by atoms with Crippen molar-refractivity contribution in [3.63, 3.8) is 0 Å². The third-order valence-corrected chi connectivity index (χ3v) is 0.827. The highest BCUT2D eigenvalue weighted by Gasteiger charge is 1.98. The molecule has 2 amide bonds. The maximum absolute atomic E-state index is 10.7. The molecule has 0 saturated carbocycles. The SMILES string of the molecule is CN(C)C(=O)NCCN.Cl. The van der Waals surface area contributed by atoms with Crippen LogP contribution in [0.15, 0.2) is 0 Å². The van der Waals surface area contributed by atoms with Crippen molar-refractivity contribution in [1.29, 1.82) is 0 Å². The molecule has 0 atom stereocenters. The molecule has 0 aromatic rings. The Balaban J connectivity index is 0. The van der Waals surface area contributed by atoms with E-state index >= 15 is 0 Å². The van der Waals surface area contributed by atoms with Gasteiger partial charge in [-0.3, -0.25) is 0 Å². The van der Waals surface area contributed by atoms with Gasteiger partial charge in [-0.2, -0.15) is 0 Å². The Kier molecular flexibility index (Phi) is 8.11. The second kappa shape index (κ2) is 6.64. The topological polar surface area (TPSA) is 58.4 Å². The summed E-state index contributed by atoms with van der Waals surface area (Å²) in [7, 11) is 3.37. The van der Waals surface area contributed by atoms with Gasteiger partial charge < -0.3 is 16.0 Å². The number of carbonyl (C=O) groups is 1. The molecule has 0 aliphatic rings. The van der Waals surface area contributed by atoms with E-state index in [0.29, 0.717) is 13.1 Å². The lowest BCUT2D eigenvalue weighted by atomic mass is 10.6. The lowest BCUT2D eigenvalue weighted by Gasteiger charge is -2.10. The zero-order chi connectivity index (χ0) is 7.28. The number of rotatable bonds is 2. The van der Waals surface area contributed by atoms with Crippen LogP contribution in [0.4, 0.5) is 4.79 Å². The molecule has 0 aliphatic heterocycles. The predicted molar refractivity (Wildman–Crippen MR) is 43.4 cm³/mol. The van der Waals surface area contributed by atoms with Gasteiger partial charge in [-0.25, -0.2) is 4.79 Å². The number of amides is 2. The molecule has 0 unspecified atom stereocenters. The largest absolute Gasteiger partial charge is 0.337 e. The van der Waals surface area contributed by atoms with Crippen LogP contribution in [0, 0.1) is 0 Å².